The molecule has 3 aromatic carbocycles. The van der Waals surface area contributed by atoms with Crippen molar-refractivity contribution in [2.45, 2.75) is 38.1 Å². The highest BCUT2D eigenvalue weighted by molar-refractivity contribution is 6.08. The zero-order chi connectivity index (χ0) is 22.6. The van der Waals surface area contributed by atoms with Gasteiger partial charge in [-0.05, 0) is 79.3 Å². The van der Waals surface area contributed by atoms with Crippen LogP contribution in [0.5, 0.6) is 5.75 Å². The van der Waals surface area contributed by atoms with Gasteiger partial charge in [0.15, 0.2) is 6.61 Å². The Morgan fingerprint density at radius 2 is 1.61 bits per heavy atom. The van der Waals surface area contributed by atoms with Crippen molar-refractivity contribution in [2.75, 3.05) is 29.9 Å². The van der Waals surface area contributed by atoms with E-state index in [1.54, 1.807) is 0 Å². The Hall–Kier alpha value is -3.54. The lowest BCUT2D eigenvalue weighted by molar-refractivity contribution is -0.123. The number of hydrogen-bond acceptors (Lipinski definition) is 4. The van der Waals surface area contributed by atoms with E-state index in [1.807, 2.05) is 48.5 Å². The third-order valence-electron chi connectivity index (χ3n) is 6.24. The van der Waals surface area contributed by atoms with E-state index < -0.39 is 0 Å². The molecule has 6 nitrogen and oxygen atoms in total. The number of carbonyl (C=O) groups is 2. The molecule has 0 radical (unpaired) electrons. The monoisotopic (exact) mass is 443 g/mol. The van der Waals surface area contributed by atoms with Crippen LogP contribution in [-0.4, -0.2) is 37.6 Å². The summed E-state index contributed by atoms with van der Waals surface area (Å²) in [7, 11) is 0. The van der Waals surface area contributed by atoms with Crippen LogP contribution >= 0.6 is 0 Å². The standard InChI is InChI=1S/C27H29N3O3/c31-26(28-21-8-9-21)18-33-25-17-20-7-3-2-6-19(20)16-24(25)27(32)29-22-10-12-23(13-11-22)30-14-4-1-5-15-30/h2-3,6-7,10-13,16-17,21H,1,4-5,8-9,14-15,18H2,(H,28,31)(H,29,32). The molecule has 1 aliphatic carbocycles. The van der Waals surface area contributed by atoms with E-state index in [0.717, 1.165) is 42.4 Å². The first-order valence-electron chi connectivity index (χ1n) is 11.8. The molecule has 1 heterocycles. The maximum Gasteiger partial charge on any atom is 0.259 e. The van der Waals surface area contributed by atoms with Crippen LogP contribution < -0.4 is 20.3 Å². The lowest BCUT2D eigenvalue weighted by Crippen LogP contribution is -2.30. The smallest absolute Gasteiger partial charge is 0.259 e. The van der Waals surface area contributed by atoms with Gasteiger partial charge in [-0.3, -0.25) is 9.59 Å². The fourth-order valence-corrected chi connectivity index (χ4v) is 4.26. The van der Waals surface area contributed by atoms with Crippen LogP contribution in [0.3, 0.4) is 0 Å². The lowest BCUT2D eigenvalue weighted by atomic mass is 10.0. The number of anilines is 2. The summed E-state index contributed by atoms with van der Waals surface area (Å²) in [6.07, 6.45) is 5.78. The Morgan fingerprint density at radius 1 is 0.909 bits per heavy atom. The van der Waals surface area contributed by atoms with Crippen molar-refractivity contribution >= 4 is 34.0 Å². The van der Waals surface area contributed by atoms with Crippen molar-refractivity contribution < 1.29 is 14.3 Å². The van der Waals surface area contributed by atoms with Gasteiger partial charge in [0, 0.05) is 30.5 Å². The Bertz CT molecular complexity index is 1150. The number of nitrogens with zero attached hydrogens (tertiary/aromatic N) is 1. The number of ether oxygens (including phenoxy) is 1. The number of hydrogen-bond donors (Lipinski definition) is 2. The maximum atomic E-state index is 13.2. The quantitative estimate of drug-likeness (QED) is 0.553. The van der Waals surface area contributed by atoms with Gasteiger partial charge in [0.1, 0.15) is 5.75 Å². The molecule has 6 heteroatoms. The molecule has 3 aromatic rings. The fourth-order valence-electron chi connectivity index (χ4n) is 4.26. The number of benzene rings is 3. The van der Waals surface area contributed by atoms with Gasteiger partial charge in [0.25, 0.3) is 11.8 Å². The van der Waals surface area contributed by atoms with Gasteiger partial charge < -0.3 is 20.3 Å². The average molecular weight is 444 g/mol. The van der Waals surface area contributed by atoms with E-state index in [1.165, 1.54) is 24.9 Å². The van der Waals surface area contributed by atoms with E-state index >= 15 is 0 Å². The number of nitrogens with one attached hydrogen (secondary N) is 2. The molecule has 170 valence electrons. The van der Waals surface area contributed by atoms with Crippen LogP contribution in [0.4, 0.5) is 11.4 Å². The molecule has 0 aromatic heterocycles. The van der Waals surface area contributed by atoms with Gasteiger partial charge in [-0.25, -0.2) is 0 Å². The van der Waals surface area contributed by atoms with Crippen molar-refractivity contribution in [3.05, 3.63) is 66.2 Å². The van der Waals surface area contributed by atoms with Crippen LogP contribution in [0, 0.1) is 0 Å². The van der Waals surface area contributed by atoms with Crippen LogP contribution in [0.2, 0.25) is 0 Å². The number of fused-ring (bicyclic) bond motifs is 1. The molecule has 0 atom stereocenters. The molecule has 1 saturated carbocycles. The molecule has 33 heavy (non-hydrogen) atoms. The molecule has 1 aliphatic heterocycles. The summed E-state index contributed by atoms with van der Waals surface area (Å²) in [6, 6.07) is 19.7. The predicted molar refractivity (Wildman–Crippen MR) is 131 cm³/mol. The van der Waals surface area contributed by atoms with Crippen LogP contribution in [-0.2, 0) is 4.79 Å². The van der Waals surface area contributed by atoms with Gasteiger partial charge in [-0.2, -0.15) is 0 Å². The summed E-state index contributed by atoms with van der Waals surface area (Å²) in [5.74, 6) is -0.0171. The van der Waals surface area contributed by atoms with Gasteiger partial charge in [0.05, 0.1) is 5.56 Å². The first-order chi connectivity index (χ1) is 16.2. The highest BCUT2D eigenvalue weighted by Gasteiger charge is 2.24. The summed E-state index contributed by atoms with van der Waals surface area (Å²) >= 11 is 0. The molecule has 0 unspecified atom stereocenters. The molecular weight excluding hydrogens is 414 g/mol. The Labute approximate surface area is 193 Å². The SMILES string of the molecule is O=C(COc1cc2ccccc2cc1C(=O)Nc1ccc(N2CCCCC2)cc1)NC1CC1. The number of piperidine rings is 1. The number of rotatable bonds is 7. The van der Waals surface area contributed by atoms with Crippen molar-refractivity contribution in [3.63, 3.8) is 0 Å². The van der Waals surface area contributed by atoms with Crippen molar-refractivity contribution in [2.24, 2.45) is 0 Å². The fraction of sp³-hybridized carbons (Fsp3) is 0.333. The summed E-state index contributed by atoms with van der Waals surface area (Å²) in [5.41, 5.74) is 2.32. The highest BCUT2D eigenvalue weighted by atomic mass is 16.5. The zero-order valence-electron chi connectivity index (χ0n) is 18.7. The second kappa shape index (κ2) is 9.53. The van der Waals surface area contributed by atoms with Gasteiger partial charge in [-0.1, -0.05) is 24.3 Å². The van der Waals surface area contributed by atoms with E-state index in [0.29, 0.717) is 11.3 Å². The Kier molecular flexibility index (Phi) is 6.15. The minimum Gasteiger partial charge on any atom is -0.483 e. The van der Waals surface area contributed by atoms with Gasteiger partial charge >= 0.3 is 0 Å². The highest BCUT2D eigenvalue weighted by Crippen LogP contribution is 2.28. The lowest BCUT2D eigenvalue weighted by Gasteiger charge is -2.28. The maximum absolute atomic E-state index is 13.2. The Morgan fingerprint density at radius 3 is 2.30 bits per heavy atom. The minimum absolute atomic E-state index is 0.111. The summed E-state index contributed by atoms with van der Waals surface area (Å²) in [5, 5.41) is 7.80. The normalized spacial score (nSPS) is 15.8. The van der Waals surface area contributed by atoms with E-state index in [2.05, 4.69) is 27.7 Å². The molecule has 0 spiro atoms. The summed E-state index contributed by atoms with van der Waals surface area (Å²) in [6.45, 7) is 2.05. The molecule has 0 bridgehead atoms. The van der Waals surface area contributed by atoms with E-state index in [4.69, 9.17) is 4.74 Å². The third kappa shape index (κ3) is 5.28. The number of amides is 2. The molecule has 2 amide bonds. The first kappa shape index (κ1) is 21.3. The Balaban J connectivity index is 1.33. The molecule has 2 fully saturated rings. The second-order valence-corrected chi connectivity index (χ2v) is 8.87. The van der Waals surface area contributed by atoms with E-state index in [-0.39, 0.29) is 24.5 Å². The van der Waals surface area contributed by atoms with Gasteiger partial charge in [-0.15, -0.1) is 0 Å². The molecule has 2 aliphatic rings. The van der Waals surface area contributed by atoms with E-state index in [9.17, 15) is 9.59 Å². The summed E-state index contributed by atoms with van der Waals surface area (Å²) in [4.78, 5) is 27.7. The topological polar surface area (TPSA) is 70.7 Å². The largest absolute Gasteiger partial charge is 0.483 e. The zero-order valence-corrected chi connectivity index (χ0v) is 18.7. The average Bonchev–Trinajstić information content (AvgIpc) is 3.67. The molecule has 1 saturated heterocycles. The van der Waals surface area contributed by atoms with Crippen molar-refractivity contribution in [1.82, 2.24) is 5.32 Å². The van der Waals surface area contributed by atoms with Crippen LogP contribution in [0.1, 0.15) is 42.5 Å². The third-order valence-corrected chi connectivity index (χ3v) is 6.24. The van der Waals surface area contributed by atoms with Crippen LogP contribution in [0.15, 0.2) is 60.7 Å². The second-order valence-electron chi connectivity index (χ2n) is 8.87. The first-order valence-corrected chi connectivity index (χ1v) is 11.8. The minimum atomic E-state index is -0.260. The predicted octanol–water partition coefficient (Wildman–Crippen LogP) is 4.74. The van der Waals surface area contributed by atoms with Gasteiger partial charge in [0.2, 0.25) is 0 Å². The summed E-state index contributed by atoms with van der Waals surface area (Å²) < 4.78 is 5.81. The molecular formula is C27H29N3O3. The number of carbonyl (C=O) groups excluding carboxylic acids is 2. The van der Waals surface area contributed by atoms with Crippen LogP contribution in [0.25, 0.3) is 10.8 Å². The molecule has 2 N–H and O–H groups in total. The molecule has 5 rings (SSSR count). The van der Waals surface area contributed by atoms with Crippen molar-refractivity contribution in [1.29, 1.82) is 0 Å². The van der Waals surface area contributed by atoms with Crippen molar-refractivity contribution in [3.8, 4) is 5.75 Å².